The van der Waals surface area contributed by atoms with Gasteiger partial charge < -0.3 is 14.3 Å². The second kappa shape index (κ2) is 8.87. The van der Waals surface area contributed by atoms with Gasteiger partial charge in [-0.1, -0.05) is 19.9 Å². The number of ketones is 1. The van der Waals surface area contributed by atoms with Crippen LogP contribution >= 0.6 is 0 Å². The molecule has 0 spiro atoms. The minimum Gasteiger partial charge on any atom is -0.461 e. The predicted molar refractivity (Wildman–Crippen MR) is 107 cm³/mol. The predicted octanol–water partition coefficient (Wildman–Crippen LogP) is 4.46. The molecule has 5 heteroatoms. The molecule has 1 aromatic heterocycles. The van der Waals surface area contributed by atoms with E-state index in [0.717, 1.165) is 43.1 Å². The fourth-order valence-corrected chi connectivity index (χ4v) is 3.85. The van der Waals surface area contributed by atoms with Crippen molar-refractivity contribution in [1.29, 1.82) is 0 Å². The fourth-order valence-electron chi connectivity index (χ4n) is 3.85. The van der Waals surface area contributed by atoms with Crippen LogP contribution in [0.2, 0.25) is 0 Å². The third kappa shape index (κ3) is 5.10. The maximum atomic E-state index is 11.2. The van der Waals surface area contributed by atoms with E-state index in [4.69, 9.17) is 9.47 Å². The highest BCUT2D eigenvalue weighted by molar-refractivity contribution is 5.77. The van der Waals surface area contributed by atoms with Crippen molar-refractivity contribution >= 4 is 16.8 Å². The highest BCUT2D eigenvalue weighted by Gasteiger charge is 2.25. The molecule has 5 nitrogen and oxygen atoms in total. The zero-order chi connectivity index (χ0) is 19.4. The Bertz CT molecular complexity index is 775. The van der Waals surface area contributed by atoms with Crippen LogP contribution in [-0.2, 0) is 23.0 Å². The third-order valence-corrected chi connectivity index (χ3v) is 5.46. The largest absolute Gasteiger partial charge is 0.461 e. The number of Topliss-reactive ketones (excluding diaryl/α,β-unsaturated/α-hetero) is 1. The molecule has 0 bridgehead atoms. The van der Waals surface area contributed by atoms with E-state index >= 15 is 0 Å². The van der Waals surface area contributed by atoms with Crippen LogP contribution in [0.1, 0.15) is 58.4 Å². The molecule has 1 heterocycles. The van der Waals surface area contributed by atoms with E-state index in [1.165, 1.54) is 5.56 Å². The number of carbonyl (C=O) groups excluding carboxylic acids is 1. The topological polar surface area (TPSA) is 53.4 Å². The highest BCUT2D eigenvalue weighted by atomic mass is 16.5. The number of fused-ring (bicyclic) bond motifs is 1. The molecule has 1 fully saturated rings. The first-order valence-corrected chi connectivity index (χ1v) is 10.2. The van der Waals surface area contributed by atoms with Crippen molar-refractivity contribution in [2.75, 3.05) is 6.61 Å². The lowest BCUT2D eigenvalue weighted by Crippen LogP contribution is -2.30. The summed E-state index contributed by atoms with van der Waals surface area (Å²) in [6.45, 7) is 6.55. The van der Waals surface area contributed by atoms with Crippen molar-refractivity contribution in [3.8, 4) is 6.01 Å². The van der Waals surface area contributed by atoms with E-state index in [1.807, 2.05) is 7.05 Å². The Kier molecular flexibility index (Phi) is 6.53. The molecule has 1 atom stereocenters. The normalized spacial score (nSPS) is 21.3. The van der Waals surface area contributed by atoms with Gasteiger partial charge in [0.05, 0.1) is 17.1 Å². The van der Waals surface area contributed by atoms with Crippen LogP contribution in [-0.4, -0.2) is 34.1 Å². The summed E-state index contributed by atoms with van der Waals surface area (Å²) in [7, 11) is 2.02. The minimum absolute atomic E-state index is 0.195. The molecule has 1 aliphatic rings. The van der Waals surface area contributed by atoms with Crippen molar-refractivity contribution < 1.29 is 14.3 Å². The van der Waals surface area contributed by atoms with E-state index < -0.39 is 0 Å². The van der Waals surface area contributed by atoms with Crippen LogP contribution in [0, 0.1) is 5.92 Å². The van der Waals surface area contributed by atoms with Gasteiger partial charge in [-0.15, -0.1) is 0 Å². The van der Waals surface area contributed by atoms with Gasteiger partial charge in [-0.25, -0.2) is 0 Å². The van der Waals surface area contributed by atoms with E-state index in [2.05, 4.69) is 41.6 Å². The molecule has 0 N–H and O–H groups in total. The highest BCUT2D eigenvalue weighted by Crippen LogP contribution is 2.28. The molecule has 1 aliphatic carbocycles. The quantitative estimate of drug-likeness (QED) is 0.687. The van der Waals surface area contributed by atoms with Crippen LogP contribution in [0.5, 0.6) is 6.01 Å². The SMILES string of the molecule is CCc1ccc2nc(OC3CCC(OC[C@H](C)CC(C)=O)CC3)n(C)c2c1. The lowest BCUT2D eigenvalue weighted by Gasteiger charge is -2.29. The maximum absolute atomic E-state index is 11.2. The summed E-state index contributed by atoms with van der Waals surface area (Å²) in [4.78, 5) is 15.8. The van der Waals surface area contributed by atoms with Gasteiger partial charge in [0, 0.05) is 20.1 Å². The number of aromatic nitrogens is 2. The summed E-state index contributed by atoms with van der Waals surface area (Å²) in [5.41, 5.74) is 3.43. The molecule has 2 aromatic rings. The van der Waals surface area contributed by atoms with Crippen LogP contribution in [0.25, 0.3) is 11.0 Å². The van der Waals surface area contributed by atoms with Crippen LogP contribution < -0.4 is 4.74 Å². The Hall–Kier alpha value is -1.88. The van der Waals surface area contributed by atoms with E-state index in [9.17, 15) is 4.79 Å². The van der Waals surface area contributed by atoms with E-state index in [-0.39, 0.29) is 18.0 Å². The molecule has 1 saturated carbocycles. The Morgan fingerprint density at radius 3 is 2.63 bits per heavy atom. The second-order valence-electron chi connectivity index (χ2n) is 7.99. The monoisotopic (exact) mass is 372 g/mol. The first-order chi connectivity index (χ1) is 13.0. The van der Waals surface area contributed by atoms with E-state index in [1.54, 1.807) is 6.92 Å². The lowest BCUT2D eigenvalue weighted by molar-refractivity contribution is -0.118. The Morgan fingerprint density at radius 2 is 1.96 bits per heavy atom. The van der Waals surface area contributed by atoms with Crippen molar-refractivity contribution in [3.05, 3.63) is 23.8 Å². The summed E-state index contributed by atoms with van der Waals surface area (Å²) in [5.74, 6) is 0.529. The Morgan fingerprint density at radius 1 is 1.26 bits per heavy atom. The molecule has 0 saturated heterocycles. The number of aryl methyl sites for hydroxylation is 2. The van der Waals surface area contributed by atoms with Crippen molar-refractivity contribution in [1.82, 2.24) is 9.55 Å². The Balaban J connectivity index is 1.51. The summed E-state index contributed by atoms with van der Waals surface area (Å²) in [6.07, 6.45) is 6.07. The molecular formula is C22H32N2O3. The maximum Gasteiger partial charge on any atom is 0.297 e. The number of nitrogens with zero attached hydrogens (tertiary/aromatic N) is 2. The summed E-state index contributed by atoms with van der Waals surface area (Å²) in [6, 6.07) is 7.11. The number of benzene rings is 1. The molecule has 3 rings (SSSR count). The molecule has 0 amide bonds. The number of hydrogen-bond acceptors (Lipinski definition) is 4. The summed E-state index contributed by atoms with van der Waals surface area (Å²) >= 11 is 0. The summed E-state index contributed by atoms with van der Waals surface area (Å²) in [5, 5.41) is 0. The molecule has 0 aliphatic heterocycles. The smallest absolute Gasteiger partial charge is 0.297 e. The molecule has 0 radical (unpaired) electrons. The average Bonchev–Trinajstić information content (AvgIpc) is 2.95. The molecule has 1 aromatic carbocycles. The fraction of sp³-hybridized carbons (Fsp3) is 0.636. The van der Waals surface area contributed by atoms with Gasteiger partial charge in [-0.05, 0) is 62.6 Å². The number of rotatable bonds is 8. The first-order valence-electron chi connectivity index (χ1n) is 10.2. The number of ether oxygens (including phenoxy) is 2. The second-order valence-corrected chi connectivity index (χ2v) is 7.99. The van der Waals surface area contributed by atoms with Crippen LogP contribution in [0.4, 0.5) is 0 Å². The summed E-state index contributed by atoms with van der Waals surface area (Å²) < 4.78 is 14.3. The standard InChI is InChI=1S/C22H32N2O3/c1-5-17-6-11-20-21(13-17)24(4)22(23-20)27-19-9-7-18(8-10-19)26-14-15(2)12-16(3)25/h6,11,13,15,18-19H,5,7-10,12,14H2,1-4H3/t15-,18?,19?/m1/s1. The molecule has 148 valence electrons. The van der Waals surface area contributed by atoms with Gasteiger partial charge in [-0.3, -0.25) is 4.57 Å². The van der Waals surface area contributed by atoms with Gasteiger partial charge in [-0.2, -0.15) is 4.98 Å². The Labute approximate surface area is 162 Å². The number of carbonyl (C=O) groups is 1. The lowest BCUT2D eigenvalue weighted by atomic mass is 9.95. The first kappa shape index (κ1) is 19.9. The van der Waals surface area contributed by atoms with Gasteiger partial charge in [0.1, 0.15) is 11.9 Å². The number of hydrogen-bond donors (Lipinski definition) is 0. The zero-order valence-electron chi connectivity index (χ0n) is 17.0. The van der Waals surface area contributed by atoms with Crippen LogP contribution in [0.15, 0.2) is 18.2 Å². The van der Waals surface area contributed by atoms with E-state index in [0.29, 0.717) is 25.0 Å². The average molecular weight is 373 g/mol. The third-order valence-electron chi connectivity index (χ3n) is 5.46. The van der Waals surface area contributed by atoms with Crippen LogP contribution in [0.3, 0.4) is 0 Å². The van der Waals surface area contributed by atoms with Gasteiger partial charge in [0.25, 0.3) is 6.01 Å². The van der Waals surface area contributed by atoms with Gasteiger partial charge >= 0.3 is 0 Å². The molecule has 0 unspecified atom stereocenters. The number of imidazole rings is 1. The molecule has 27 heavy (non-hydrogen) atoms. The minimum atomic E-state index is 0.195. The van der Waals surface area contributed by atoms with Crippen molar-refractivity contribution in [2.24, 2.45) is 13.0 Å². The molecular weight excluding hydrogens is 340 g/mol. The van der Waals surface area contributed by atoms with Crippen molar-refractivity contribution in [3.63, 3.8) is 0 Å². The zero-order valence-corrected chi connectivity index (χ0v) is 17.0. The van der Waals surface area contributed by atoms with Gasteiger partial charge in [0.15, 0.2) is 0 Å². The van der Waals surface area contributed by atoms with Crippen molar-refractivity contribution in [2.45, 2.75) is 71.5 Å². The van der Waals surface area contributed by atoms with Gasteiger partial charge in [0.2, 0.25) is 0 Å².